The molecular formula is C27H63AlSi3. The van der Waals surface area contributed by atoms with Crippen molar-refractivity contribution in [2.45, 2.75) is 174 Å². The highest BCUT2D eigenvalue weighted by Gasteiger charge is 2.33. The van der Waals surface area contributed by atoms with Crippen LogP contribution in [0.2, 0.25) is 49.9 Å². The van der Waals surface area contributed by atoms with Crippen LogP contribution in [0.15, 0.2) is 0 Å². The Kier molecular flexibility index (Phi) is 16.9. The van der Waals surface area contributed by atoms with Gasteiger partial charge in [0.05, 0.1) is 26.4 Å². The van der Waals surface area contributed by atoms with Gasteiger partial charge in [-0.3, -0.25) is 0 Å². The van der Waals surface area contributed by atoms with Crippen molar-refractivity contribution >= 4 is 43.8 Å². The molecule has 0 heterocycles. The van der Waals surface area contributed by atoms with Gasteiger partial charge in [-0.25, -0.2) is 0 Å². The molecule has 0 aromatic rings. The van der Waals surface area contributed by atoms with Crippen LogP contribution in [0.25, 0.3) is 0 Å². The first-order valence-corrected chi connectivity index (χ1v) is 18.0. The van der Waals surface area contributed by atoms with E-state index in [1.54, 1.807) is 0 Å². The molecule has 186 valence electrons. The molecule has 0 fully saturated rings. The molecule has 0 spiro atoms. The van der Waals surface area contributed by atoms with Gasteiger partial charge >= 0.3 is 0 Å². The van der Waals surface area contributed by atoms with Gasteiger partial charge in [-0.05, 0) is 30.2 Å². The van der Waals surface area contributed by atoms with Gasteiger partial charge in [0.15, 0.2) is 0 Å². The van der Waals surface area contributed by atoms with Crippen LogP contribution in [0.5, 0.6) is 0 Å². The van der Waals surface area contributed by atoms with E-state index in [0.717, 1.165) is 0 Å². The summed E-state index contributed by atoms with van der Waals surface area (Å²) in [6.45, 7) is 49.7. The minimum Gasteiger partial charge on any atom is -0.0703 e. The first-order valence-electron chi connectivity index (χ1n) is 12.0. The largest absolute Gasteiger partial charge is 0.0703 e. The van der Waals surface area contributed by atoms with E-state index in [-0.39, 0.29) is 43.8 Å². The predicted molar refractivity (Wildman–Crippen MR) is 159 cm³/mol. The molecule has 6 radical (unpaired) electrons. The molecule has 0 rings (SSSR count). The van der Waals surface area contributed by atoms with E-state index in [9.17, 15) is 0 Å². The molecule has 0 aliphatic heterocycles. The van der Waals surface area contributed by atoms with Crippen LogP contribution in [0.3, 0.4) is 0 Å². The van der Waals surface area contributed by atoms with Gasteiger partial charge < -0.3 is 0 Å². The summed E-state index contributed by atoms with van der Waals surface area (Å²) >= 11 is 0. The molecule has 0 atom stereocenters. The summed E-state index contributed by atoms with van der Waals surface area (Å²) in [5, 5.41) is 3.27. The maximum Gasteiger partial charge on any atom is 0.0561 e. The van der Waals surface area contributed by atoms with Gasteiger partial charge in [-0.1, -0.05) is 144 Å². The average molecular weight is 499 g/mol. The Morgan fingerprint density at radius 2 is 0.323 bits per heavy atom. The van der Waals surface area contributed by atoms with Crippen LogP contribution in [0, 0.1) is 0 Å². The summed E-state index contributed by atoms with van der Waals surface area (Å²) in [7, 11) is -0.662. The van der Waals surface area contributed by atoms with Gasteiger partial charge in [-0.15, -0.1) is 0 Å². The van der Waals surface area contributed by atoms with Crippen LogP contribution >= 0.6 is 0 Å². The Morgan fingerprint density at radius 3 is 0.323 bits per heavy atom. The fourth-order valence-electron chi connectivity index (χ4n) is 3.38. The predicted octanol–water partition coefficient (Wildman–Crippen LogP) is 10.8. The van der Waals surface area contributed by atoms with Crippen molar-refractivity contribution in [3.8, 4) is 0 Å². The lowest BCUT2D eigenvalue weighted by molar-refractivity contribution is 0.646. The first-order chi connectivity index (χ1) is 12.5. The molecule has 0 aromatic carbocycles. The van der Waals surface area contributed by atoms with Crippen molar-refractivity contribution in [1.29, 1.82) is 0 Å². The van der Waals surface area contributed by atoms with E-state index in [1.165, 1.54) is 0 Å². The second kappa shape index (κ2) is 13.3. The number of rotatable bonds is 0. The third kappa shape index (κ3) is 19.2. The standard InChI is InChI=1S/3C9H21Si.Al/c3*1-8(2,3)10(7)9(4,5)6;/h3*1-7H3;. The van der Waals surface area contributed by atoms with Crippen LogP contribution in [-0.4, -0.2) is 43.8 Å². The van der Waals surface area contributed by atoms with Gasteiger partial charge in [0, 0.05) is 17.4 Å². The molecule has 0 saturated heterocycles. The summed E-state index contributed by atoms with van der Waals surface area (Å²) < 4.78 is 0. The van der Waals surface area contributed by atoms with E-state index in [0.29, 0.717) is 30.2 Å². The lowest BCUT2D eigenvalue weighted by atomic mass is 10.2. The lowest BCUT2D eigenvalue weighted by Gasteiger charge is -2.36. The maximum atomic E-state index is 2.44. The zero-order valence-corrected chi connectivity index (χ0v) is 30.2. The smallest absolute Gasteiger partial charge is 0.0561 e. The minimum absolute atomic E-state index is 0. The summed E-state index contributed by atoms with van der Waals surface area (Å²) in [6, 6.07) is 0. The second-order valence-corrected chi connectivity index (χ2v) is 28.1. The van der Waals surface area contributed by atoms with Gasteiger partial charge in [0.2, 0.25) is 0 Å². The highest BCUT2D eigenvalue weighted by molar-refractivity contribution is 6.64. The van der Waals surface area contributed by atoms with Crippen molar-refractivity contribution in [2.75, 3.05) is 0 Å². The quantitative estimate of drug-likeness (QED) is 0.291. The summed E-state index contributed by atoms with van der Waals surface area (Å²) in [4.78, 5) is 0. The topological polar surface area (TPSA) is 0 Å². The number of hydrogen-bond acceptors (Lipinski definition) is 0. The molecule has 0 amide bonds. The molecule has 31 heavy (non-hydrogen) atoms. The van der Waals surface area contributed by atoms with Crippen molar-refractivity contribution in [1.82, 2.24) is 0 Å². The fourth-order valence-corrected chi connectivity index (χ4v) is 10.1. The summed E-state index contributed by atoms with van der Waals surface area (Å²) in [5.41, 5.74) is 0. The average Bonchev–Trinajstić information content (AvgIpc) is 2.40. The molecule has 0 unspecified atom stereocenters. The summed E-state index contributed by atoms with van der Waals surface area (Å²) in [6.07, 6.45) is 0. The van der Waals surface area contributed by atoms with E-state index in [2.05, 4.69) is 144 Å². The molecule has 4 heteroatoms. The molecular weight excluding hydrogens is 436 g/mol. The molecule has 0 bridgehead atoms. The zero-order valence-electron chi connectivity index (χ0n) is 26.1. The van der Waals surface area contributed by atoms with E-state index in [1.807, 2.05) is 0 Å². The van der Waals surface area contributed by atoms with Crippen LogP contribution in [0.1, 0.15) is 125 Å². The third-order valence-electron chi connectivity index (χ3n) is 6.75. The van der Waals surface area contributed by atoms with Crippen LogP contribution in [0.4, 0.5) is 0 Å². The van der Waals surface area contributed by atoms with Gasteiger partial charge in [-0.2, -0.15) is 0 Å². The highest BCUT2D eigenvalue weighted by Crippen LogP contribution is 2.43. The van der Waals surface area contributed by atoms with E-state index >= 15 is 0 Å². The minimum atomic E-state index is -0.221. The molecule has 0 N–H and O–H groups in total. The van der Waals surface area contributed by atoms with Crippen molar-refractivity contribution < 1.29 is 0 Å². The Hall–Kier alpha value is 1.18. The van der Waals surface area contributed by atoms with Crippen molar-refractivity contribution in [2.24, 2.45) is 0 Å². The fraction of sp³-hybridized carbons (Fsp3) is 1.00. The van der Waals surface area contributed by atoms with Crippen LogP contribution in [-0.2, 0) is 0 Å². The van der Waals surface area contributed by atoms with Gasteiger partial charge in [0.25, 0.3) is 0 Å². The van der Waals surface area contributed by atoms with Crippen LogP contribution < -0.4 is 0 Å². The van der Waals surface area contributed by atoms with E-state index < -0.39 is 0 Å². The second-order valence-electron chi connectivity index (χ2n) is 15.4. The Bertz CT molecular complexity index is 344. The molecule has 0 aromatic heterocycles. The SMILES string of the molecule is C[Si](C(C)(C)C)C(C)(C)C.C[Si](C(C)(C)C)C(C)(C)C.C[Si](C(C)(C)C)C(C)(C)C.[Al]. The molecule has 0 nitrogen and oxygen atoms in total. The molecule has 0 aliphatic carbocycles. The lowest BCUT2D eigenvalue weighted by Crippen LogP contribution is -2.31. The van der Waals surface area contributed by atoms with Crippen molar-refractivity contribution in [3.05, 3.63) is 0 Å². The number of hydrogen-bond donors (Lipinski definition) is 0. The molecule has 0 aliphatic rings. The van der Waals surface area contributed by atoms with Gasteiger partial charge in [0.1, 0.15) is 0 Å². The van der Waals surface area contributed by atoms with E-state index in [4.69, 9.17) is 0 Å². The maximum absolute atomic E-state index is 2.44. The monoisotopic (exact) mass is 498 g/mol. The third-order valence-corrected chi connectivity index (χ3v) is 20.2. The Balaban J connectivity index is -0.000000174. The van der Waals surface area contributed by atoms with Crippen molar-refractivity contribution in [3.63, 3.8) is 0 Å². The Morgan fingerprint density at radius 1 is 0.258 bits per heavy atom. The molecule has 0 saturated carbocycles. The summed E-state index contributed by atoms with van der Waals surface area (Å²) in [5.74, 6) is 0. The highest BCUT2D eigenvalue weighted by atomic mass is 28.3. The normalized spacial score (nSPS) is 13.9. The first kappa shape index (κ1) is 39.4. The zero-order chi connectivity index (χ0) is 25.7. The Labute approximate surface area is 217 Å².